The molecule has 0 amide bonds. The summed E-state index contributed by atoms with van der Waals surface area (Å²) in [6.07, 6.45) is 1.85. The number of aromatic nitrogens is 2. The first-order chi connectivity index (χ1) is 19.4. The zero-order valence-corrected chi connectivity index (χ0v) is 20.8. The largest absolute Gasteiger partial charge is 0.294 e. The average molecular weight is 504 g/mol. The molecule has 0 spiro atoms. The predicted molar refractivity (Wildman–Crippen MR) is 152 cm³/mol. The molecule has 0 aliphatic carbocycles. The topological polar surface area (TPSA) is 33.5 Å². The van der Waals surface area contributed by atoms with Crippen molar-refractivity contribution in [3.8, 4) is 5.82 Å². The third kappa shape index (κ3) is 3.73. The second-order valence-corrected chi connectivity index (χ2v) is 10.1. The molecule has 4 aromatic carbocycles. The fraction of sp³-hybridized carbons (Fsp3) is 0.0645. The molecule has 3 heterocycles. The van der Waals surface area contributed by atoms with E-state index in [-0.39, 0.29) is 0 Å². The number of rotatable bonds is 4. The van der Waals surface area contributed by atoms with Gasteiger partial charge in [-0.2, -0.15) is 5.06 Å². The third-order valence-corrected chi connectivity index (χ3v) is 7.53. The molecule has 2 aromatic heterocycles. The van der Waals surface area contributed by atoms with Gasteiger partial charge in [-0.1, -0.05) is 54.2 Å². The maximum Gasteiger partial charge on any atom is 0.137 e. The number of para-hydroxylation sites is 3. The van der Waals surface area contributed by atoms with Crippen LogP contribution in [0.5, 0.6) is 0 Å². The first-order valence-corrected chi connectivity index (χ1v) is 12.8. The summed E-state index contributed by atoms with van der Waals surface area (Å²) in [7, 11) is 0. The maximum absolute atomic E-state index is 7.90. The number of fused-ring (bicyclic) bond motifs is 4. The SMILES string of the molecule is [2H]C([2H])([2H])N1ON(c2cccc(Sc3ccc4c5ccccc5n(-c5cc(C)ccn5)c4c3)c2)c2ccccc21. The van der Waals surface area contributed by atoms with Gasteiger partial charge in [-0.15, -0.1) is 4.94 Å². The lowest BCUT2D eigenvalue weighted by Gasteiger charge is -2.18. The molecule has 1 aliphatic heterocycles. The number of nitrogens with zero attached hydrogens (tertiary/aromatic N) is 4. The van der Waals surface area contributed by atoms with E-state index in [4.69, 9.17) is 9.05 Å². The monoisotopic (exact) mass is 503 g/mol. The summed E-state index contributed by atoms with van der Waals surface area (Å²) in [6, 6.07) is 34.2. The quantitative estimate of drug-likeness (QED) is 0.243. The van der Waals surface area contributed by atoms with Gasteiger partial charge < -0.3 is 0 Å². The van der Waals surface area contributed by atoms with Crippen LogP contribution in [0, 0.1) is 6.92 Å². The van der Waals surface area contributed by atoms with Gasteiger partial charge in [0.25, 0.3) is 0 Å². The summed E-state index contributed by atoms with van der Waals surface area (Å²) < 4.78 is 25.9. The van der Waals surface area contributed by atoms with E-state index < -0.39 is 6.98 Å². The van der Waals surface area contributed by atoms with Crippen molar-refractivity contribution in [1.29, 1.82) is 0 Å². The first-order valence-electron chi connectivity index (χ1n) is 13.5. The highest BCUT2D eigenvalue weighted by atomic mass is 32.2. The zero-order chi connectivity index (χ0) is 27.4. The van der Waals surface area contributed by atoms with Gasteiger partial charge in [-0.25, -0.2) is 10.0 Å². The van der Waals surface area contributed by atoms with Crippen LogP contribution in [0.3, 0.4) is 0 Å². The van der Waals surface area contributed by atoms with Crippen LogP contribution in [0.25, 0.3) is 27.6 Å². The molecule has 5 nitrogen and oxygen atoms in total. The Morgan fingerprint density at radius 2 is 1.57 bits per heavy atom. The molecular formula is C31H24N4OS. The van der Waals surface area contributed by atoms with Crippen LogP contribution < -0.4 is 10.1 Å². The Hall–Kier alpha value is -4.26. The fourth-order valence-corrected chi connectivity index (χ4v) is 5.78. The minimum Gasteiger partial charge on any atom is -0.294 e. The number of benzene rings is 4. The summed E-state index contributed by atoms with van der Waals surface area (Å²) in [5.74, 6) is 0.888. The molecule has 1 aliphatic rings. The molecule has 6 aromatic rings. The van der Waals surface area contributed by atoms with Crippen molar-refractivity contribution in [3.05, 3.63) is 115 Å². The van der Waals surface area contributed by atoms with Crippen molar-refractivity contribution in [1.82, 2.24) is 9.55 Å². The molecule has 0 unspecified atom stereocenters. The average Bonchev–Trinajstić information content (AvgIpc) is 3.50. The van der Waals surface area contributed by atoms with E-state index in [2.05, 4.69) is 65.0 Å². The van der Waals surface area contributed by atoms with Gasteiger partial charge in [0.2, 0.25) is 0 Å². The number of hydroxylamine groups is 1. The molecule has 180 valence electrons. The molecule has 0 saturated heterocycles. The predicted octanol–water partition coefficient (Wildman–Crippen LogP) is 8.07. The van der Waals surface area contributed by atoms with E-state index in [1.807, 2.05) is 48.7 Å². The van der Waals surface area contributed by atoms with Gasteiger partial charge in [0.05, 0.1) is 28.1 Å². The Morgan fingerprint density at radius 3 is 2.46 bits per heavy atom. The van der Waals surface area contributed by atoms with Gasteiger partial charge in [0.1, 0.15) is 5.82 Å². The molecular weight excluding hydrogens is 476 g/mol. The van der Waals surface area contributed by atoms with Crippen LogP contribution in [-0.2, 0) is 4.94 Å². The van der Waals surface area contributed by atoms with Crippen LogP contribution in [0.15, 0.2) is 119 Å². The molecule has 7 rings (SSSR count). The molecule has 0 saturated carbocycles. The Morgan fingerprint density at radius 1 is 0.757 bits per heavy atom. The van der Waals surface area contributed by atoms with E-state index in [0.717, 1.165) is 43.0 Å². The number of anilines is 3. The van der Waals surface area contributed by atoms with Crippen LogP contribution in [0.2, 0.25) is 0 Å². The summed E-state index contributed by atoms with van der Waals surface area (Å²) >= 11 is 1.64. The van der Waals surface area contributed by atoms with Crippen molar-refractivity contribution in [3.63, 3.8) is 0 Å². The van der Waals surface area contributed by atoms with Gasteiger partial charge >= 0.3 is 0 Å². The standard InChI is InChI=1S/C31H24N4OS/c1-21-16-17-32-31(18-21)34-27-11-4-3-10-25(27)26-15-14-24(20-30(26)34)37-23-9-7-8-22(19-23)35-29-13-6-5-12-28(29)33(2)36-35/h3-20H,1-2H3/i2D3. The Balaban J connectivity index is 1.27. The summed E-state index contributed by atoms with van der Waals surface area (Å²) in [5, 5.41) is 4.90. The normalized spacial score (nSPS) is 14.6. The van der Waals surface area contributed by atoms with Crippen LogP contribution in [-0.4, -0.2) is 16.5 Å². The van der Waals surface area contributed by atoms with E-state index in [1.54, 1.807) is 29.0 Å². The van der Waals surface area contributed by atoms with Crippen LogP contribution in [0.4, 0.5) is 17.1 Å². The fourth-order valence-electron chi connectivity index (χ4n) is 4.88. The summed E-state index contributed by atoms with van der Waals surface area (Å²) in [5.41, 5.74) is 5.28. The van der Waals surface area contributed by atoms with Crippen molar-refractivity contribution in [2.75, 3.05) is 17.1 Å². The maximum atomic E-state index is 7.90. The molecule has 0 radical (unpaired) electrons. The highest BCUT2D eigenvalue weighted by Gasteiger charge is 2.26. The molecule has 0 bridgehead atoms. The molecule has 0 atom stereocenters. The second kappa shape index (κ2) is 8.69. The van der Waals surface area contributed by atoms with E-state index in [1.165, 1.54) is 10.8 Å². The Labute approximate surface area is 223 Å². The highest BCUT2D eigenvalue weighted by Crippen LogP contribution is 2.42. The zero-order valence-electron chi connectivity index (χ0n) is 23.0. The lowest BCUT2D eigenvalue weighted by molar-refractivity contribution is 0.142. The molecule has 37 heavy (non-hydrogen) atoms. The number of hydrogen-bond acceptors (Lipinski definition) is 5. The van der Waals surface area contributed by atoms with Gasteiger partial charge in [0, 0.05) is 37.8 Å². The van der Waals surface area contributed by atoms with Gasteiger partial charge in [-0.3, -0.25) is 4.57 Å². The summed E-state index contributed by atoms with van der Waals surface area (Å²) in [6.45, 7) is -0.357. The van der Waals surface area contributed by atoms with Crippen molar-refractivity contribution in [2.45, 2.75) is 16.7 Å². The lowest BCUT2D eigenvalue weighted by Crippen LogP contribution is -2.20. The summed E-state index contributed by atoms with van der Waals surface area (Å²) in [4.78, 5) is 12.6. The van der Waals surface area contributed by atoms with Crippen LogP contribution >= 0.6 is 11.8 Å². The number of pyridine rings is 1. The van der Waals surface area contributed by atoms with Crippen molar-refractivity contribution < 1.29 is 9.05 Å². The van der Waals surface area contributed by atoms with E-state index >= 15 is 0 Å². The number of aryl methyl sites for hydroxylation is 1. The second-order valence-electron chi connectivity index (χ2n) is 8.98. The first kappa shape index (κ1) is 18.9. The van der Waals surface area contributed by atoms with Crippen LogP contribution in [0.1, 0.15) is 9.68 Å². The van der Waals surface area contributed by atoms with E-state index in [9.17, 15) is 0 Å². The third-order valence-electron chi connectivity index (χ3n) is 6.55. The smallest absolute Gasteiger partial charge is 0.137 e. The lowest BCUT2D eigenvalue weighted by atomic mass is 10.2. The minimum absolute atomic E-state index is 0.503. The Kier molecular flexibility index (Phi) is 4.45. The molecule has 0 fully saturated rings. The molecule has 0 N–H and O–H groups in total. The minimum atomic E-state index is -2.43. The van der Waals surface area contributed by atoms with E-state index in [0.29, 0.717) is 11.4 Å². The molecule has 6 heteroatoms. The highest BCUT2D eigenvalue weighted by molar-refractivity contribution is 7.99. The van der Waals surface area contributed by atoms with Crippen molar-refractivity contribution >= 4 is 50.6 Å². The Bertz CT molecular complexity index is 1900. The number of hydrogen-bond donors (Lipinski definition) is 0. The van der Waals surface area contributed by atoms with Gasteiger partial charge in [-0.05, 0) is 73.2 Å². The van der Waals surface area contributed by atoms with Gasteiger partial charge in [0.15, 0.2) is 0 Å². The van der Waals surface area contributed by atoms with Crippen molar-refractivity contribution in [2.24, 2.45) is 0 Å².